The van der Waals surface area contributed by atoms with E-state index in [1.807, 2.05) is 42.5 Å². The first-order valence-corrected chi connectivity index (χ1v) is 13.2. The number of nitrogens with zero attached hydrogens (tertiary/aromatic N) is 2. The van der Waals surface area contributed by atoms with Gasteiger partial charge in [-0.15, -0.1) is 11.8 Å². The smallest absolute Gasteiger partial charge is 0.319 e. The van der Waals surface area contributed by atoms with Gasteiger partial charge >= 0.3 is 5.97 Å². The molecule has 1 heterocycles. The summed E-state index contributed by atoms with van der Waals surface area (Å²) in [6.45, 7) is 7.68. The van der Waals surface area contributed by atoms with E-state index in [-0.39, 0.29) is 11.6 Å². The molecule has 0 spiro atoms. The van der Waals surface area contributed by atoms with E-state index in [4.69, 9.17) is 5.73 Å². The topological polar surface area (TPSA) is 86.9 Å². The van der Waals surface area contributed by atoms with Crippen molar-refractivity contribution in [1.29, 1.82) is 0 Å². The standard InChI is InChI=1S/C28H37N3O3S/c1-4-5-8-17-30(19-21-13-15-23(16-14-21)35-28(2,3)27(33)34)20-24(29)26(32)31-18-9-11-22-10-6-7-12-25(22)31/h6-7,10,12-16,20H,4-5,8-9,11,17-19,29H2,1-3H3,(H,33,34)/b24-20-. The van der Waals surface area contributed by atoms with E-state index in [1.165, 1.54) is 17.3 Å². The highest BCUT2D eigenvalue weighted by molar-refractivity contribution is 8.01. The van der Waals surface area contributed by atoms with Crippen molar-refractivity contribution in [2.75, 3.05) is 18.0 Å². The Bertz CT molecular complexity index is 1050. The van der Waals surface area contributed by atoms with E-state index in [0.29, 0.717) is 13.1 Å². The average Bonchev–Trinajstić information content (AvgIpc) is 2.84. The fourth-order valence-corrected chi connectivity index (χ4v) is 5.09. The summed E-state index contributed by atoms with van der Waals surface area (Å²) in [4.78, 5) is 29.5. The highest BCUT2D eigenvalue weighted by atomic mass is 32.2. The maximum Gasteiger partial charge on any atom is 0.319 e. The zero-order valence-corrected chi connectivity index (χ0v) is 21.8. The summed E-state index contributed by atoms with van der Waals surface area (Å²) in [5, 5.41) is 9.38. The van der Waals surface area contributed by atoms with Crippen molar-refractivity contribution >= 4 is 29.3 Å². The average molecular weight is 496 g/mol. The Labute approximate surface area is 213 Å². The van der Waals surface area contributed by atoms with Crippen LogP contribution in [0.25, 0.3) is 0 Å². The first-order chi connectivity index (χ1) is 16.7. The van der Waals surface area contributed by atoms with Gasteiger partial charge in [-0.1, -0.05) is 50.1 Å². The van der Waals surface area contributed by atoms with Gasteiger partial charge in [-0.3, -0.25) is 9.59 Å². The van der Waals surface area contributed by atoms with Crippen LogP contribution in [0.15, 0.2) is 65.3 Å². The third-order valence-electron chi connectivity index (χ3n) is 6.17. The molecule has 0 fully saturated rings. The molecule has 0 atom stereocenters. The molecule has 1 aliphatic rings. The Morgan fingerprint density at radius 1 is 1.14 bits per heavy atom. The number of hydrogen-bond donors (Lipinski definition) is 2. The molecule has 6 nitrogen and oxygen atoms in total. The summed E-state index contributed by atoms with van der Waals surface area (Å²) < 4.78 is -0.891. The Balaban J connectivity index is 1.74. The van der Waals surface area contributed by atoms with Gasteiger partial charge in [0.1, 0.15) is 10.4 Å². The van der Waals surface area contributed by atoms with Crippen LogP contribution < -0.4 is 10.6 Å². The second-order valence-electron chi connectivity index (χ2n) is 9.51. The molecule has 0 aromatic heterocycles. The van der Waals surface area contributed by atoms with Gasteiger partial charge < -0.3 is 20.6 Å². The van der Waals surface area contributed by atoms with Gasteiger partial charge in [0.15, 0.2) is 0 Å². The van der Waals surface area contributed by atoms with E-state index >= 15 is 0 Å². The number of aliphatic carboxylic acids is 1. The first kappa shape index (κ1) is 26.7. The summed E-state index contributed by atoms with van der Waals surface area (Å²) in [5.74, 6) is -0.990. The number of amides is 1. The van der Waals surface area contributed by atoms with Gasteiger partial charge in [0.25, 0.3) is 5.91 Å². The summed E-state index contributed by atoms with van der Waals surface area (Å²) in [6.07, 6.45) is 6.94. The molecule has 1 aliphatic heterocycles. The lowest BCUT2D eigenvalue weighted by atomic mass is 10.0. The zero-order chi connectivity index (χ0) is 25.4. The van der Waals surface area contributed by atoms with E-state index in [1.54, 1.807) is 24.9 Å². The number of aryl methyl sites for hydroxylation is 1. The van der Waals surface area contributed by atoms with E-state index in [0.717, 1.165) is 54.8 Å². The van der Waals surface area contributed by atoms with E-state index in [9.17, 15) is 14.7 Å². The highest BCUT2D eigenvalue weighted by Gasteiger charge is 2.28. The number of fused-ring (bicyclic) bond motifs is 1. The Morgan fingerprint density at radius 2 is 1.86 bits per heavy atom. The number of carboxylic acids is 1. The third kappa shape index (κ3) is 7.28. The highest BCUT2D eigenvalue weighted by Crippen LogP contribution is 2.33. The van der Waals surface area contributed by atoms with Crippen LogP contribution in [0.4, 0.5) is 5.69 Å². The Hall–Kier alpha value is -2.93. The fourth-order valence-electron chi connectivity index (χ4n) is 4.14. The lowest BCUT2D eigenvalue weighted by Gasteiger charge is -2.30. The molecule has 2 aromatic carbocycles. The van der Waals surface area contributed by atoms with Crippen molar-refractivity contribution in [2.24, 2.45) is 5.73 Å². The van der Waals surface area contributed by atoms with Gasteiger partial charge in [0.05, 0.1) is 0 Å². The molecular formula is C28H37N3O3S. The second-order valence-corrected chi connectivity index (χ2v) is 11.2. The van der Waals surface area contributed by atoms with Crippen LogP contribution in [0.5, 0.6) is 0 Å². The summed E-state index contributed by atoms with van der Waals surface area (Å²) in [6, 6.07) is 16.0. The molecule has 2 aromatic rings. The van der Waals surface area contributed by atoms with Crippen LogP contribution in [0.1, 0.15) is 57.6 Å². The Morgan fingerprint density at radius 3 is 2.54 bits per heavy atom. The second kappa shape index (κ2) is 12.2. The van der Waals surface area contributed by atoms with Gasteiger partial charge in [0.2, 0.25) is 0 Å². The third-order valence-corrected chi connectivity index (χ3v) is 7.36. The minimum atomic E-state index is -0.891. The molecule has 0 radical (unpaired) electrons. The van der Waals surface area contributed by atoms with Crippen molar-refractivity contribution in [3.63, 3.8) is 0 Å². The van der Waals surface area contributed by atoms with Gasteiger partial charge in [-0.2, -0.15) is 0 Å². The molecule has 3 rings (SSSR count). The number of para-hydroxylation sites is 1. The normalized spacial score (nSPS) is 13.9. The summed E-state index contributed by atoms with van der Waals surface area (Å²) in [7, 11) is 0. The molecule has 7 heteroatoms. The quantitative estimate of drug-likeness (QED) is 0.246. The van der Waals surface area contributed by atoms with Crippen LogP contribution in [-0.4, -0.2) is 39.7 Å². The predicted molar refractivity (Wildman–Crippen MR) is 143 cm³/mol. The maximum absolute atomic E-state index is 13.3. The number of hydrogen-bond acceptors (Lipinski definition) is 5. The molecule has 0 saturated carbocycles. The van der Waals surface area contributed by atoms with Gasteiger partial charge in [0, 0.05) is 36.4 Å². The van der Waals surface area contributed by atoms with Crippen LogP contribution in [-0.2, 0) is 22.6 Å². The predicted octanol–water partition coefficient (Wildman–Crippen LogP) is 5.41. The van der Waals surface area contributed by atoms with Crippen molar-refractivity contribution in [3.05, 3.63) is 71.6 Å². The maximum atomic E-state index is 13.3. The molecule has 0 saturated heterocycles. The lowest BCUT2D eigenvalue weighted by Crippen LogP contribution is -2.39. The molecule has 35 heavy (non-hydrogen) atoms. The molecular weight excluding hydrogens is 458 g/mol. The van der Waals surface area contributed by atoms with Crippen LogP contribution in [0, 0.1) is 0 Å². The summed E-state index contributed by atoms with van der Waals surface area (Å²) >= 11 is 1.33. The molecule has 188 valence electrons. The minimum absolute atomic E-state index is 0.153. The number of thioether (sulfide) groups is 1. The number of carboxylic acid groups (broad SMARTS) is 1. The fraction of sp³-hybridized carbons (Fsp3) is 0.429. The molecule has 1 amide bonds. The number of benzene rings is 2. The van der Waals surface area contributed by atoms with Crippen LogP contribution >= 0.6 is 11.8 Å². The Kier molecular flexibility index (Phi) is 9.26. The first-order valence-electron chi connectivity index (χ1n) is 12.3. The SMILES string of the molecule is CCCCCN(/C=C(\N)C(=O)N1CCCc2ccccc21)Cc1ccc(SC(C)(C)C(=O)O)cc1. The van der Waals surface area contributed by atoms with Crippen molar-refractivity contribution in [3.8, 4) is 0 Å². The van der Waals surface area contributed by atoms with Crippen LogP contribution in [0.2, 0.25) is 0 Å². The number of carbonyl (C=O) groups is 2. The van der Waals surface area contributed by atoms with Gasteiger partial charge in [-0.05, 0) is 62.4 Å². The molecule has 3 N–H and O–H groups in total. The monoisotopic (exact) mass is 495 g/mol. The van der Waals surface area contributed by atoms with Gasteiger partial charge in [-0.25, -0.2) is 0 Å². The largest absolute Gasteiger partial charge is 0.480 e. The molecule has 0 unspecified atom stereocenters. The van der Waals surface area contributed by atoms with Crippen molar-refractivity contribution in [2.45, 2.75) is 69.1 Å². The van der Waals surface area contributed by atoms with Crippen molar-refractivity contribution in [1.82, 2.24) is 4.90 Å². The zero-order valence-electron chi connectivity index (χ0n) is 21.0. The number of nitrogens with two attached hydrogens (primary N) is 1. The lowest BCUT2D eigenvalue weighted by molar-refractivity contribution is -0.138. The minimum Gasteiger partial charge on any atom is -0.480 e. The molecule has 0 bridgehead atoms. The number of carbonyl (C=O) groups excluding carboxylic acids is 1. The van der Waals surface area contributed by atoms with Crippen molar-refractivity contribution < 1.29 is 14.7 Å². The number of rotatable bonds is 11. The number of unbranched alkanes of at least 4 members (excludes halogenated alkanes) is 2. The van der Waals surface area contributed by atoms with E-state index in [2.05, 4.69) is 17.9 Å². The van der Waals surface area contributed by atoms with E-state index < -0.39 is 10.7 Å². The molecule has 0 aliphatic carbocycles. The summed E-state index contributed by atoms with van der Waals surface area (Å²) in [5.41, 5.74) is 9.82. The van der Waals surface area contributed by atoms with Crippen LogP contribution in [0.3, 0.4) is 0 Å². The number of anilines is 1.